The second-order valence-corrected chi connectivity index (χ2v) is 7.20. The number of nitriles is 1. The van der Waals surface area contributed by atoms with Gasteiger partial charge < -0.3 is 5.41 Å². The Hall–Kier alpha value is -2.17. The first-order chi connectivity index (χ1) is 11.8. The number of Topliss-reactive ketones (excluding diaryl/α,β-unsaturated/α-hetero) is 1. The highest BCUT2D eigenvalue weighted by atomic mass is 35.5. The molecule has 25 heavy (non-hydrogen) atoms. The van der Waals surface area contributed by atoms with Crippen molar-refractivity contribution in [2.75, 3.05) is 5.75 Å². The summed E-state index contributed by atoms with van der Waals surface area (Å²) in [6.07, 6.45) is 0. The normalized spacial score (nSPS) is 12.2. The second kappa shape index (κ2) is 7.81. The molecule has 0 aliphatic carbocycles. The third kappa shape index (κ3) is 4.09. The first-order valence-electron chi connectivity index (χ1n) is 7.58. The number of hydrogen-bond donors (Lipinski definition) is 1. The fraction of sp³-hybridized carbons (Fsp3) is 0.353. The Morgan fingerprint density at radius 3 is 2.72 bits per heavy atom. The lowest BCUT2D eigenvalue weighted by atomic mass is 10.0. The van der Waals surface area contributed by atoms with E-state index in [9.17, 15) is 9.59 Å². The number of benzene rings is 1. The minimum Gasteiger partial charge on any atom is -0.308 e. The van der Waals surface area contributed by atoms with E-state index < -0.39 is 5.92 Å². The number of aromatic nitrogens is 2. The molecule has 1 aromatic heterocycles. The van der Waals surface area contributed by atoms with E-state index in [1.165, 1.54) is 11.5 Å². The van der Waals surface area contributed by atoms with Crippen molar-refractivity contribution >= 4 is 45.8 Å². The molecule has 0 aliphatic heterocycles. The highest BCUT2D eigenvalue weighted by molar-refractivity contribution is 7.99. The van der Waals surface area contributed by atoms with Crippen molar-refractivity contribution in [2.24, 2.45) is 5.92 Å². The van der Waals surface area contributed by atoms with E-state index in [4.69, 9.17) is 22.3 Å². The predicted molar refractivity (Wildman–Crippen MR) is 99.6 cm³/mol. The van der Waals surface area contributed by atoms with Crippen molar-refractivity contribution in [3.05, 3.63) is 33.6 Å². The van der Waals surface area contributed by atoms with E-state index in [1.54, 1.807) is 18.2 Å². The minimum absolute atomic E-state index is 0.00704. The van der Waals surface area contributed by atoms with Crippen LogP contribution in [0.2, 0.25) is 5.02 Å². The van der Waals surface area contributed by atoms with Gasteiger partial charge in [0.2, 0.25) is 0 Å². The van der Waals surface area contributed by atoms with Crippen LogP contribution in [0.15, 0.2) is 28.2 Å². The van der Waals surface area contributed by atoms with Crippen LogP contribution in [0.3, 0.4) is 0 Å². The maximum absolute atomic E-state index is 12.7. The summed E-state index contributed by atoms with van der Waals surface area (Å²) in [5.41, 5.74) is 0.267. The molecule has 0 spiro atoms. The number of nitrogens with one attached hydrogen (secondary N) is 1. The van der Waals surface area contributed by atoms with Crippen LogP contribution in [0.25, 0.3) is 10.9 Å². The number of ketones is 1. The van der Waals surface area contributed by atoms with Crippen molar-refractivity contribution in [2.45, 2.75) is 32.0 Å². The van der Waals surface area contributed by atoms with Gasteiger partial charge in [0.1, 0.15) is 5.92 Å². The largest absolute Gasteiger partial charge is 0.308 e. The fourth-order valence-corrected chi connectivity index (χ4v) is 3.54. The Labute approximate surface area is 154 Å². The molecule has 1 atom stereocenters. The molecule has 1 N–H and O–H groups in total. The van der Waals surface area contributed by atoms with Crippen LogP contribution in [-0.2, 0) is 4.79 Å². The van der Waals surface area contributed by atoms with Crippen LogP contribution in [0.1, 0.15) is 26.8 Å². The van der Waals surface area contributed by atoms with Crippen molar-refractivity contribution in [1.82, 2.24) is 9.55 Å². The topological polar surface area (TPSA) is 99.6 Å². The lowest BCUT2D eigenvalue weighted by Crippen LogP contribution is -2.26. The summed E-state index contributed by atoms with van der Waals surface area (Å²) in [5, 5.41) is 17.8. The average molecular weight is 377 g/mol. The zero-order chi connectivity index (χ0) is 18.7. The number of halogens is 1. The lowest BCUT2D eigenvalue weighted by Gasteiger charge is -2.16. The molecular formula is C17H17ClN4O2S. The molecule has 0 amide bonds. The molecule has 0 saturated carbocycles. The summed E-state index contributed by atoms with van der Waals surface area (Å²) in [5.74, 6) is -1.49. The smallest absolute Gasteiger partial charge is 0.262 e. The molecule has 6 nitrogen and oxygen atoms in total. The summed E-state index contributed by atoms with van der Waals surface area (Å²) in [6, 6.07) is 6.56. The number of fused-ring (bicyclic) bond motifs is 1. The number of hydrogen-bond acceptors (Lipinski definition) is 6. The van der Waals surface area contributed by atoms with Gasteiger partial charge in [-0.25, -0.2) is 4.98 Å². The summed E-state index contributed by atoms with van der Waals surface area (Å²) in [7, 11) is 0. The molecule has 0 radical (unpaired) electrons. The molecule has 1 heterocycles. The molecule has 130 valence electrons. The van der Waals surface area contributed by atoms with Crippen molar-refractivity contribution in [3.8, 4) is 6.07 Å². The highest BCUT2D eigenvalue weighted by Crippen LogP contribution is 2.23. The van der Waals surface area contributed by atoms with Gasteiger partial charge in [0.25, 0.3) is 5.56 Å². The van der Waals surface area contributed by atoms with Crippen molar-refractivity contribution in [1.29, 1.82) is 10.7 Å². The molecule has 0 bridgehead atoms. The zero-order valence-corrected chi connectivity index (χ0v) is 15.6. The number of nitrogens with zero attached hydrogens (tertiary/aromatic N) is 3. The van der Waals surface area contributed by atoms with Gasteiger partial charge in [-0.3, -0.25) is 14.2 Å². The van der Waals surface area contributed by atoms with Gasteiger partial charge in [-0.1, -0.05) is 23.4 Å². The van der Waals surface area contributed by atoms with Crippen LogP contribution in [-0.4, -0.2) is 26.8 Å². The van der Waals surface area contributed by atoms with Gasteiger partial charge in [0.05, 0.1) is 22.7 Å². The van der Waals surface area contributed by atoms with E-state index >= 15 is 0 Å². The zero-order valence-electron chi connectivity index (χ0n) is 14.0. The quantitative estimate of drug-likeness (QED) is 0.472. The Kier molecular flexibility index (Phi) is 5.98. The molecule has 1 aromatic carbocycles. The van der Waals surface area contributed by atoms with Gasteiger partial charge >= 0.3 is 0 Å². The van der Waals surface area contributed by atoms with E-state index in [0.29, 0.717) is 21.1 Å². The second-order valence-electron chi connectivity index (χ2n) is 5.82. The molecule has 2 aromatic rings. The monoisotopic (exact) mass is 376 g/mol. The highest BCUT2D eigenvalue weighted by Gasteiger charge is 2.22. The van der Waals surface area contributed by atoms with Gasteiger partial charge in [0, 0.05) is 16.8 Å². The van der Waals surface area contributed by atoms with Gasteiger partial charge in [-0.05, 0) is 39.0 Å². The first-order valence-corrected chi connectivity index (χ1v) is 8.94. The Morgan fingerprint density at radius 2 is 2.16 bits per heavy atom. The summed E-state index contributed by atoms with van der Waals surface area (Å²) in [6.45, 7) is 5.14. The summed E-state index contributed by atoms with van der Waals surface area (Å²) in [4.78, 5) is 29.4. The van der Waals surface area contributed by atoms with Crippen LogP contribution in [0.4, 0.5) is 0 Å². The molecule has 8 heteroatoms. The van der Waals surface area contributed by atoms with E-state index in [2.05, 4.69) is 4.98 Å². The first kappa shape index (κ1) is 19.2. The number of carbonyl (C=O) groups excluding carboxylic acids is 1. The average Bonchev–Trinajstić information content (AvgIpc) is 2.52. The Morgan fingerprint density at radius 1 is 1.48 bits per heavy atom. The molecule has 2 rings (SSSR count). The molecule has 0 unspecified atom stereocenters. The fourth-order valence-electron chi connectivity index (χ4n) is 2.34. The predicted octanol–water partition coefficient (Wildman–Crippen LogP) is 3.47. The molecule has 0 saturated heterocycles. The molecular weight excluding hydrogens is 360 g/mol. The van der Waals surface area contributed by atoms with Crippen LogP contribution >= 0.6 is 23.4 Å². The van der Waals surface area contributed by atoms with Gasteiger partial charge in [0.15, 0.2) is 10.9 Å². The van der Waals surface area contributed by atoms with Crippen molar-refractivity contribution < 1.29 is 4.79 Å². The van der Waals surface area contributed by atoms with Gasteiger partial charge in [-0.2, -0.15) is 5.26 Å². The van der Waals surface area contributed by atoms with E-state index in [1.807, 2.05) is 19.9 Å². The number of carbonyl (C=O) groups is 1. The Balaban J connectivity index is 2.45. The summed E-state index contributed by atoms with van der Waals surface area (Å²) >= 11 is 7.07. The maximum atomic E-state index is 12.7. The lowest BCUT2D eigenvalue weighted by molar-refractivity contribution is -0.117. The minimum atomic E-state index is -1.07. The third-order valence-electron chi connectivity index (χ3n) is 3.58. The van der Waals surface area contributed by atoms with Crippen molar-refractivity contribution in [3.63, 3.8) is 0 Å². The Bertz CT molecular complexity index is 946. The maximum Gasteiger partial charge on any atom is 0.262 e. The van der Waals surface area contributed by atoms with E-state index in [0.717, 1.165) is 11.8 Å². The van der Waals surface area contributed by atoms with Crippen LogP contribution < -0.4 is 5.56 Å². The number of rotatable bonds is 6. The van der Waals surface area contributed by atoms with Crippen LogP contribution in [0.5, 0.6) is 0 Å². The van der Waals surface area contributed by atoms with Gasteiger partial charge in [-0.15, -0.1) is 0 Å². The third-order valence-corrected chi connectivity index (χ3v) is 4.79. The van der Waals surface area contributed by atoms with Crippen LogP contribution in [0, 0.1) is 22.7 Å². The van der Waals surface area contributed by atoms with E-state index in [-0.39, 0.29) is 28.8 Å². The summed E-state index contributed by atoms with van der Waals surface area (Å²) < 4.78 is 1.52. The molecule has 0 aliphatic rings. The molecule has 0 fully saturated rings. The standard InChI is InChI=1S/C17H17ClN4O2S/c1-9(2)22-16(24)12-5-4-11(18)6-14(12)21-17(22)25-8-15(23)13(7-19)10(3)20/h4-6,9,13,20H,8H2,1-3H3/t13-/m0/s1. The number of thioether (sulfide) groups is 1. The SMILES string of the molecule is CC(=N)[C@H](C#N)C(=O)CSc1nc2cc(Cl)ccc2c(=O)n1C(C)C.